The largest absolute Gasteiger partial charge is 0.324 e. The minimum atomic E-state index is -0.536. The molecule has 0 atom stereocenters. The molecular formula is C9H9FN2O2. The summed E-state index contributed by atoms with van der Waals surface area (Å²) >= 11 is 0. The fraction of sp³-hybridized carbons (Fsp3) is 0.222. The minimum absolute atomic E-state index is 0.212. The first-order valence-corrected chi connectivity index (χ1v) is 3.98. The van der Waals surface area contributed by atoms with Gasteiger partial charge in [0.15, 0.2) is 0 Å². The van der Waals surface area contributed by atoms with Crippen molar-refractivity contribution in [2.75, 3.05) is 5.32 Å². The van der Waals surface area contributed by atoms with Crippen molar-refractivity contribution in [2.45, 2.75) is 13.3 Å². The molecule has 74 valence electrons. The molecule has 0 fully saturated rings. The fourth-order valence-electron chi connectivity index (χ4n) is 0.912. The number of pyridine rings is 1. The number of nitrogens with one attached hydrogen (secondary N) is 1. The lowest BCUT2D eigenvalue weighted by Crippen LogP contribution is -2.14. The summed E-state index contributed by atoms with van der Waals surface area (Å²) in [7, 11) is 0. The zero-order chi connectivity index (χ0) is 10.6. The van der Waals surface area contributed by atoms with Gasteiger partial charge < -0.3 is 5.32 Å². The van der Waals surface area contributed by atoms with Crippen LogP contribution in [0.4, 0.5) is 10.1 Å². The lowest BCUT2D eigenvalue weighted by molar-refractivity contribution is -0.124. The number of nitrogens with zero attached hydrogens (tertiary/aromatic N) is 1. The molecule has 0 radical (unpaired) electrons. The number of Topliss-reactive ketones (excluding diaryl/α,β-unsaturated/α-hetero) is 1. The maximum atomic E-state index is 12.6. The van der Waals surface area contributed by atoms with Crippen LogP contribution >= 0.6 is 0 Å². The van der Waals surface area contributed by atoms with Gasteiger partial charge in [0.05, 0.1) is 24.5 Å². The van der Waals surface area contributed by atoms with Crippen LogP contribution in [0.1, 0.15) is 13.3 Å². The summed E-state index contributed by atoms with van der Waals surface area (Å²) < 4.78 is 12.6. The standard InChI is InChI=1S/C9H9FN2O2/c1-6(13)2-9(14)12-8-3-7(10)4-11-5-8/h3-5H,2H2,1H3,(H,12,14). The third-order valence-corrected chi connectivity index (χ3v) is 1.40. The van der Waals surface area contributed by atoms with Crippen molar-refractivity contribution in [3.63, 3.8) is 0 Å². The Labute approximate surface area is 80.1 Å². The summed E-state index contributed by atoms with van der Waals surface area (Å²) in [4.78, 5) is 25.2. The zero-order valence-corrected chi connectivity index (χ0v) is 7.58. The molecule has 0 saturated carbocycles. The molecule has 1 aromatic heterocycles. The van der Waals surface area contributed by atoms with Gasteiger partial charge in [0.2, 0.25) is 5.91 Å². The number of aromatic nitrogens is 1. The number of carbonyl (C=O) groups is 2. The van der Waals surface area contributed by atoms with Crippen LogP contribution < -0.4 is 5.32 Å². The Hall–Kier alpha value is -1.78. The molecular weight excluding hydrogens is 187 g/mol. The van der Waals surface area contributed by atoms with E-state index < -0.39 is 11.7 Å². The number of halogens is 1. The molecule has 1 heterocycles. The Kier molecular flexibility index (Phi) is 3.28. The van der Waals surface area contributed by atoms with E-state index in [1.807, 2.05) is 0 Å². The van der Waals surface area contributed by atoms with Crippen molar-refractivity contribution in [3.05, 3.63) is 24.3 Å². The Morgan fingerprint density at radius 2 is 2.21 bits per heavy atom. The van der Waals surface area contributed by atoms with Crippen molar-refractivity contribution < 1.29 is 14.0 Å². The molecule has 0 spiro atoms. The van der Waals surface area contributed by atoms with Crippen LogP contribution in [-0.4, -0.2) is 16.7 Å². The van der Waals surface area contributed by atoms with Crippen molar-refractivity contribution in [2.24, 2.45) is 0 Å². The van der Waals surface area contributed by atoms with Gasteiger partial charge in [0.1, 0.15) is 11.6 Å². The topological polar surface area (TPSA) is 59.1 Å². The first-order valence-electron chi connectivity index (χ1n) is 3.98. The normalized spacial score (nSPS) is 9.57. The van der Waals surface area contributed by atoms with Gasteiger partial charge in [-0.25, -0.2) is 4.39 Å². The highest BCUT2D eigenvalue weighted by atomic mass is 19.1. The molecule has 5 heteroatoms. The molecule has 0 aliphatic heterocycles. The average Bonchev–Trinajstić information content (AvgIpc) is 2.01. The lowest BCUT2D eigenvalue weighted by atomic mass is 10.3. The van der Waals surface area contributed by atoms with E-state index in [2.05, 4.69) is 10.3 Å². The van der Waals surface area contributed by atoms with E-state index in [1.165, 1.54) is 13.1 Å². The third-order valence-electron chi connectivity index (χ3n) is 1.40. The van der Waals surface area contributed by atoms with Crippen molar-refractivity contribution in [1.29, 1.82) is 0 Å². The second-order valence-corrected chi connectivity index (χ2v) is 2.82. The number of hydrogen-bond acceptors (Lipinski definition) is 3. The van der Waals surface area contributed by atoms with E-state index in [0.29, 0.717) is 0 Å². The number of rotatable bonds is 3. The fourth-order valence-corrected chi connectivity index (χ4v) is 0.912. The third kappa shape index (κ3) is 3.30. The SMILES string of the molecule is CC(=O)CC(=O)Nc1cncc(F)c1. The predicted molar refractivity (Wildman–Crippen MR) is 48.1 cm³/mol. The highest BCUT2D eigenvalue weighted by Crippen LogP contribution is 2.06. The molecule has 14 heavy (non-hydrogen) atoms. The van der Waals surface area contributed by atoms with E-state index in [9.17, 15) is 14.0 Å². The number of amides is 1. The van der Waals surface area contributed by atoms with E-state index in [0.717, 1.165) is 12.3 Å². The van der Waals surface area contributed by atoms with E-state index in [-0.39, 0.29) is 17.9 Å². The van der Waals surface area contributed by atoms with Crippen molar-refractivity contribution in [1.82, 2.24) is 4.98 Å². The maximum absolute atomic E-state index is 12.6. The van der Waals surface area contributed by atoms with Gasteiger partial charge in [-0.15, -0.1) is 0 Å². The second kappa shape index (κ2) is 4.45. The maximum Gasteiger partial charge on any atom is 0.231 e. The first-order chi connectivity index (χ1) is 6.58. The van der Waals surface area contributed by atoms with Gasteiger partial charge in [-0.1, -0.05) is 0 Å². The van der Waals surface area contributed by atoms with Crippen LogP contribution in [0.3, 0.4) is 0 Å². The molecule has 0 saturated heterocycles. The smallest absolute Gasteiger partial charge is 0.231 e. The second-order valence-electron chi connectivity index (χ2n) is 2.82. The van der Waals surface area contributed by atoms with Gasteiger partial charge in [0.25, 0.3) is 0 Å². The molecule has 0 bridgehead atoms. The van der Waals surface area contributed by atoms with Crippen molar-refractivity contribution in [3.8, 4) is 0 Å². The molecule has 0 aliphatic carbocycles. The zero-order valence-electron chi connectivity index (χ0n) is 7.58. The minimum Gasteiger partial charge on any atom is -0.324 e. The molecule has 1 N–H and O–H groups in total. The van der Waals surface area contributed by atoms with Crippen LogP contribution in [0, 0.1) is 5.82 Å². The van der Waals surface area contributed by atoms with Crippen LogP contribution in [0.15, 0.2) is 18.5 Å². The Morgan fingerprint density at radius 3 is 2.79 bits per heavy atom. The Morgan fingerprint density at radius 1 is 1.50 bits per heavy atom. The molecule has 0 aromatic carbocycles. The van der Waals surface area contributed by atoms with Crippen LogP contribution in [0.5, 0.6) is 0 Å². The van der Waals surface area contributed by atoms with E-state index in [4.69, 9.17) is 0 Å². The van der Waals surface area contributed by atoms with E-state index >= 15 is 0 Å². The predicted octanol–water partition coefficient (Wildman–Crippen LogP) is 1.14. The molecule has 0 unspecified atom stereocenters. The van der Waals surface area contributed by atoms with Crippen molar-refractivity contribution >= 4 is 17.4 Å². The van der Waals surface area contributed by atoms with Gasteiger partial charge >= 0.3 is 0 Å². The molecule has 4 nitrogen and oxygen atoms in total. The molecule has 0 aliphatic rings. The van der Waals surface area contributed by atoms with Gasteiger partial charge in [-0.3, -0.25) is 14.6 Å². The summed E-state index contributed by atoms with van der Waals surface area (Å²) in [6.07, 6.45) is 2.12. The van der Waals surface area contributed by atoms with Gasteiger partial charge in [-0.2, -0.15) is 0 Å². The Bertz CT molecular complexity index is 366. The van der Waals surface area contributed by atoms with Crippen LogP contribution in [-0.2, 0) is 9.59 Å². The van der Waals surface area contributed by atoms with Gasteiger partial charge in [0, 0.05) is 6.07 Å². The number of carbonyl (C=O) groups excluding carboxylic acids is 2. The molecule has 1 amide bonds. The summed E-state index contributed by atoms with van der Waals surface area (Å²) in [5.41, 5.74) is 0.247. The number of anilines is 1. The van der Waals surface area contributed by atoms with E-state index in [1.54, 1.807) is 0 Å². The molecule has 1 aromatic rings. The summed E-state index contributed by atoms with van der Waals surface area (Å²) in [6, 6.07) is 1.13. The van der Waals surface area contributed by atoms with Crippen LogP contribution in [0.2, 0.25) is 0 Å². The monoisotopic (exact) mass is 196 g/mol. The van der Waals surface area contributed by atoms with Gasteiger partial charge in [-0.05, 0) is 6.92 Å². The van der Waals surface area contributed by atoms with Crippen LogP contribution in [0.25, 0.3) is 0 Å². The number of ketones is 1. The summed E-state index contributed by atoms with van der Waals surface area (Å²) in [5, 5.41) is 2.35. The highest BCUT2D eigenvalue weighted by molar-refractivity contribution is 6.03. The first kappa shape index (κ1) is 10.3. The number of hydrogen-bond donors (Lipinski definition) is 1. The molecule has 1 rings (SSSR count). The Balaban J connectivity index is 2.60. The summed E-state index contributed by atoms with van der Waals surface area (Å²) in [6.45, 7) is 1.31. The highest BCUT2D eigenvalue weighted by Gasteiger charge is 2.05. The average molecular weight is 196 g/mol. The quantitative estimate of drug-likeness (QED) is 0.737. The lowest BCUT2D eigenvalue weighted by Gasteiger charge is -2.02. The summed E-state index contributed by atoms with van der Waals surface area (Å²) in [5.74, 6) is -1.25.